The summed E-state index contributed by atoms with van der Waals surface area (Å²) in [4.78, 5) is 11.9. The van der Waals surface area contributed by atoms with Crippen molar-refractivity contribution in [2.24, 2.45) is 5.92 Å². The van der Waals surface area contributed by atoms with Crippen LogP contribution in [0.25, 0.3) is 0 Å². The molecular weight excluding hydrogens is 264 g/mol. The Kier molecular flexibility index (Phi) is 3.40. The second-order valence-corrected chi connectivity index (χ2v) is 5.49. The number of aromatic nitrogens is 3. The molecule has 1 amide bonds. The van der Waals surface area contributed by atoms with Gasteiger partial charge in [-0.25, -0.2) is 0 Å². The normalized spacial score (nSPS) is 25.3. The van der Waals surface area contributed by atoms with Gasteiger partial charge in [-0.3, -0.25) is 14.5 Å². The second-order valence-electron chi connectivity index (χ2n) is 5.10. The number of H-pyrrole nitrogens is 1. The molecule has 3 rings (SSSR count). The van der Waals surface area contributed by atoms with E-state index in [-0.39, 0.29) is 17.9 Å². The number of hydrogen-bond acceptors (Lipinski definition) is 4. The van der Waals surface area contributed by atoms with E-state index in [4.69, 9.17) is 17.0 Å². The summed E-state index contributed by atoms with van der Waals surface area (Å²) in [5, 5.41) is 9.90. The van der Waals surface area contributed by atoms with Crippen molar-refractivity contribution in [1.29, 1.82) is 0 Å². The third-order valence-electron chi connectivity index (χ3n) is 3.56. The zero-order chi connectivity index (χ0) is 13.4. The highest BCUT2D eigenvalue weighted by molar-refractivity contribution is 7.71. The van der Waals surface area contributed by atoms with E-state index in [0.29, 0.717) is 24.0 Å². The molecule has 0 bridgehead atoms. The van der Waals surface area contributed by atoms with Gasteiger partial charge in [-0.05, 0) is 38.4 Å². The van der Waals surface area contributed by atoms with Crippen LogP contribution in [0.4, 0.5) is 0 Å². The predicted molar refractivity (Wildman–Crippen MR) is 71.1 cm³/mol. The lowest BCUT2D eigenvalue weighted by atomic mass is 10.4. The highest BCUT2D eigenvalue weighted by atomic mass is 32.1. The molecule has 2 fully saturated rings. The lowest BCUT2D eigenvalue weighted by Gasteiger charge is -2.06. The van der Waals surface area contributed by atoms with E-state index < -0.39 is 0 Å². The highest BCUT2D eigenvalue weighted by Gasteiger charge is 2.43. The van der Waals surface area contributed by atoms with Crippen LogP contribution in [0.2, 0.25) is 0 Å². The van der Waals surface area contributed by atoms with Gasteiger partial charge in [-0.2, -0.15) is 5.10 Å². The average Bonchev–Trinajstić information content (AvgIpc) is 3.29. The maximum absolute atomic E-state index is 11.9. The molecule has 0 radical (unpaired) electrons. The molecule has 6 nitrogen and oxygen atoms in total. The molecule has 0 unspecified atom stereocenters. The number of nitrogens with zero attached hydrogens (tertiary/aromatic N) is 2. The molecule has 0 spiro atoms. The third-order valence-corrected chi connectivity index (χ3v) is 3.85. The van der Waals surface area contributed by atoms with Crippen LogP contribution < -0.4 is 5.32 Å². The van der Waals surface area contributed by atoms with Gasteiger partial charge >= 0.3 is 0 Å². The molecule has 0 aliphatic heterocycles. The maximum Gasteiger partial charge on any atom is 0.226 e. The monoisotopic (exact) mass is 282 g/mol. The largest absolute Gasteiger partial charge is 0.378 e. The van der Waals surface area contributed by atoms with Gasteiger partial charge in [0.15, 0.2) is 10.6 Å². The Morgan fingerprint density at radius 1 is 1.63 bits per heavy atom. The zero-order valence-electron chi connectivity index (χ0n) is 10.9. The molecule has 7 heteroatoms. The summed E-state index contributed by atoms with van der Waals surface area (Å²) in [6.45, 7) is 3.04. The van der Waals surface area contributed by atoms with Crippen molar-refractivity contribution in [3.05, 3.63) is 10.6 Å². The van der Waals surface area contributed by atoms with Crippen LogP contribution in [-0.4, -0.2) is 33.4 Å². The van der Waals surface area contributed by atoms with E-state index in [1.165, 1.54) is 0 Å². The van der Waals surface area contributed by atoms with E-state index >= 15 is 0 Å². The quantitative estimate of drug-likeness (QED) is 0.772. The van der Waals surface area contributed by atoms with Crippen LogP contribution in [0.5, 0.6) is 0 Å². The molecule has 1 heterocycles. The topological polar surface area (TPSA) is 71.9 Å². The summed E-state index contributed by atoms with van der Waals surface area (Å²) in [6, 6.07) is 0.468. The van der Waals surface area contributed by atoms with Gasteiger partial charge in [0.25, 0.3) is 0 Å². The van der Waals surface area contributed by atoms with Crippen LogP contribution in [-0.2, 0) is 16.1 Å². The lowest BCUT2D eigenvalue weighted by Crippen LogP contribution is -2.27. The summed E-state index contributed by atoms with van der Waals surface area (Å²) in [5.41, 5.74) is 0. The number of carbonyl (C=O) groups is 1. The molecule has 2 aliphatic carbocycles. The molecule has 2 aliphatic rings. The smallest absolute Gasteiger partial charge is 0.226 e. The number of ether oxygens (including phenoxy) is 1. The van der Waals surface area contributed by atoms with Gasteiger partial charge in [-0.15, -0.1) is 0 Å². The number of carbonyl (C=O) groups excluding carboxylic acids is 1. The molecule has 2 N–H and O–H groups in total. The number of nitrogens with one attached hydrogen (secondary N) is 2. The Morgan fingerprint density at radius 2 is 2.42 bits per heavy atom. The fourth-order valence-electron chi connectivity index (χ4n) is 2.31. The maximum atomic E-state index is 11.9. The van der Waals surface area contributed by atoms with Crippen molar-refractivity contribution >= 4 is 18.1 Å². The minimum Gasteiger partial charge on any atom is -0.378 e. The van der Waals surface area contributed by atoms with E-state index in [1.54, 1.807) is 0 Å². The molecule has 2 saturated carbocycles. The SMILES string of the molecule is CCO[C@@H]1C[C@H]1C(=O)NCc1n[nH]c(=S)n1C1CC1. The number of aromatic amines is 1. The molecule has 1 aromatic heterocycles. The minimum absolute atomic E-state index is 0.0104. The first-order valence-corrected chi connectivity index (χ1v) is 7.16. The van der Waals surface area contributed by atoms with Gasteiger partial charge in [0.05, 0.1) is 18.6 Å². The Balaban J connectivity index is 1.55. The highest BCUT2D eigenvalue weighted by Crippen LogP contribution is 2.36. The standard InChI is InChI=1S/C12H18N4O2S/c1-2-18-9-5-8(9)11(17)13-6-10-14-15-12(19)16(10)7-3-4-7/h7-9H,2-6H2,1H3,(H,13,17)(H,15,19)/t8-,9-/m1/s1. The van der Waals surface area contributed by atoms with Crippen LogP contribution >= 0.6 is 12.2 Å². The predicted octanol–water partition coefficient (Wildman–Crippen LogP) is 1.32. The minimum atomic E-state index is 0.0104. The zero-order valence-corrected chi connectivity index (χ0v) is 11.7. The van der Waals surface area contributed by atoms with Crippen molar-refractivity contribution in [3.8, 4) is 0 Å². The fraction of sp³-hybridized carbons (Fsp3) is 0.750. The number of rotatable bonds is 6. The Hall–Kier alpha value is -1.21. The molecule has 0 aromatic carbocycles. The van der Waals surface area contributed by atoms with E-state index in [1.807, 2.05) is 11.5 Å². The Morgan fingerprint density at radius 3 is 3.11 bits per heavy atom. The molecule has 104 valence electrons. The van der Waals surface area contributed by atoms with Crippen molar-refractivity contribution < 1.29 is 9.53 Å². The number of amides is 1. The molecular formula is C12H18N4O2S. The molecule has 1 aromatic rings. The second kappa shape index (κ2) is 5.05. The number of hydrogen-bond donors (Lipinski definition) is 2. The van der Waals surface area contributed by atoms with E-state index in [9.17, 15) is 4.79 Å². The van der Waals surface area contributed by atoms with Crippen LogP contribution in [0.3, 0.4) is 0 Å². The Labute approximate surface area is 116 Å². The summed E-state index contributed by atoms with van der Waals surface area (Å²) in [5.74, 6) is 0.875. The first-order chi connectivity index (χ1) is 9.20. The van der Waals surface area contributed by atoms with Crippen molar-refractivity contribution in [3.63, 3.8) is 0 Å². The van der Waals surface area contributed by atoms with Crippen molar-refractivity contribution in [1.82, 2.24) is 20.1 Å². The summed E-state index contributed by atoms with van der Waals surface area (Å²) < 4.78 is 8.07. The summed E-state index contributed by atoms with van der Waals surface area (Å²) in [7, 11) is 0. The van der Waals surface area contributed by atoms with Crippen LogP contribution in [0.1, 0.15) is 38.1 Å². The average molecular weight is 282 g/mol. The van der Waals surface area contributed by atoms with Crippen LogP contribution in [0, 0.1) is 10.7 Å². The van der Waals surface area contributed by atoms with Gasteiger partial charge < -0.3 is 10.1 Å². The van der Waals surface area contributed by atoms with Crippen molar-refractivity contribution in [2.75, 3.05) is 6.61 Å². The molecule has 0 saturated heterocycles. The lowest BCUT2D eigenvalue weighted by molar-refractivity contribution is -0.123. The van der Waals surface area contributed by atoms with Gasteiger partial charge in [0, 0.05) is 12.6 Å². The first kappa shape index (κ1) is 12.8. The summed E-state index contributed by atoms with van der Waals surface area (Å²) >= 11 is 5.20. The van der Waals surface area contributed by atoms with Gasteiger partial charge in [0.2, 0.25) is 5.91 Å². The van der Waals surface area contributed by atoms with E-state index in [2.05, 4.69) is 15.5 Å². The van der Waals surface area contributed by atoms with Gasteiger partial charge in [-0.1, -0.05) is 0 Å². The third kappa shape index (κ3) is 2.71. The first-order valence-electron chi connectivity index (χ1n) is 6.75. The Bertz CT molecular complexity index is 534. The molecule has 2 atom stereocenters. The van der Waals surface area contributed by atoms with Crippen molar-refractivity contribution in [2.45, 2.75) is 44.9 Å². The van der Waals surface area contributed by atoms with Gasteiger partial charge in [0.1, 0.15) is 0 Å². The summed E-state index contributed by atoms with van der Waals surface area (Å²) in [6.07, 6.45) is 3.22. The molecule has 19 heavy (non-hydrogen) atoms. The fourth-order valence-corrected chi connectivity index (χ4v) is 2.61. The van der Waals surface area contributed by atoms with E-state index in [0.717, 1.165) is 25.1 Å². The van der Waals surface area contributed by atoms with Crippen LogP contribution in [0.15, 0.2) is 0 Å².